The highest BCUT2D eigenvalue weighted by atomic mass is 35.5. The fourth-order valence-corrected chi connectivity index (χ4v) is 6.15. The summed E-state index contributed by atoms with van der Waals surface area (Å²) in [7, 11) is 0. The molecule has 2 aliphatic heterocycles. The summed E-state index contributed by atoms with van der Waals surface area (Å²) in [6.45, 7) is 4.93. The minimum absolute atomic E-state index is 0.00331. The Balaban J connectivity index is 1.41. The van der Waals surface area contributed by atoms with Gasteiger partial charge in [-0.25, -0.2) is 19.7 Å². The third-order valence-electron chi connectivity index (χ3n) is 6.94. The van der Waals surface area contributed by atoms with Gasteiger partial charge in [0.2, 0.25) is 0 Å². The smallest absolute Gasteiger partial charge is 0.354 e. The number of nitrogens with two attached hydrogens (primary N) is 2. The number of benzene rings is 1. The third-order valence-corrected chi connectivity index (χ3v) is 8.21. The molecule has 3 aromatic heterocycles. The lowest BCUT2D eigenvalue weighted by molar-refractivity contribution is 0.0691. The molecule has 2 saturated heterocycles. The first kappa shape index (κ1) is 24.2. The molecule has 4 aromatic rings. The number of anilines is 2. The van der Waals surface area contributed by atoms with Gasteiger partial charge in [-0.15, -0.1) is 0 Å². The van der Waals surface area contributed by atoms with Gasteiger partial charge in [-0.05, 0) is 48.9 Å². The standard InChI is InChI=1S/C25H27ClN8O2S/c1-2-16-21(26)20-22(30-16)31-25(32-23(20)33-6-5-12(27)9-33)37-14-3-4-15-17(7-14)29-18(24(35)36)8-19(15)34-10-13(28)11-34/h3-4,7-8,12-13H,2,5-6,9-11,27-28H2,1H3,(H,35,36)(H,30,31,32)/t12-/m0/s1. The summed E-state index contributed by atoms with van der Waals surface area (Å²) in [5, 5.41) is 12.6. The van der Waals surface area contributed by atoms with Crippen molar-refractivity contribution in [1.29, 1.82) is 0 Å². The van der Waals surface area contributed by atoms with E-state index in [-0.39, 0.29) is 17.8 Å². The number of fused-ring (bicyclic) bond motifs is 2. The Bertz CT molecular complexity index is 1540. The highest BCUT2D eigenvalue weighted by Gasteiger charge is 2.28. The molecule has 0 bridgehead atoms. The van der Waals surface area contributed by atoms with Crippen LogP contribution in [-0.2, 0) is 6.42 Å². The largest absolute Gasteiger partial charge is 0.477 e. The van der Waals surface area contributed by atoms with Gasteiger partial charge >= 0.3 is 5.97 Å². The summed E-state index contributed by atoms with van der Waals surface area (Å²) in [4.78, 5) is 34.3. The van der Waals surface area contributed by atoms with Crippen LogP contribution in [0.2, 0.25) is 5.02 Å². The van der Waals surface area contributed by atoms with Crippen molar-refractivity contribution in [3.05, 3.63) is 40.7 Å². The average molecular weight is 539 g/mol. The molecule has 1 aromatic carbocycles. The Morgan fingerprint density at radius 1 is 1.16 bits per heavy atom. The summed E-state index contributed by atoms with van der Waals surface area (Å²) < 4.78 is 0. The van der Waals surface area contributed by atoms with Crippen LogP contribution in [0.4, 0.5) is 11.5 Å². The van der Waals surface area contributed by atoms with Crippen molar-refractivity contribution in [3.63, 3.8) is 0 Å². The molecule has 192 valence electrons. The first-order valence-corrected chi connectivity index (χ1v) is 13.4. The molecule has 2 aliphatic rings. The van der Waals surface area contributed by atoms with Crippen LogP contribution in [0.5, 0.6) is 0 Å². The predicted octanol–water partition coefficient (Wildman–Crippen LogP) is 3.26. The van der Waals surface area contributed by atoms with Crippen molar-refractivity contribution < 1.29 is 9.90 Å². The van der Waals surface area contributed by atoms with E-state index in [4.69, 9.17) is 33.0 Å². The normalized spacial score (nSPS) is 18.2. The van der Waals surface area contributed by atoms with E-state index >= 15 is 0 Å². The van der Waals surface area contributed by atoms with Crippen LogP contribution in [0, 0.1) is 0 Å². The number of nitrogens with zero attached hydrogens (tertiary/aromatic N) is 5. The Hall–Kier alpha value is -3.12. The Morgan fingerprint density at radius 3 is 2.62 bits per heavy atom. The maximum atomic E-state index is 11.8. The molecule has 37 heavy (non-hydrogen) atoms. The van der Waals surface area contributed by atoms with Crippen LogP contribution >= 0.6 is 23.4 Å². The number of carboxylic acids is 1. The molecule has 10 nitrogen and oxygen atoms in total. The first-order chi connectivity index (χ1) is 17.8. The van der Waals surface area contributed by atoms with E-state index < -0.39 is 5.97 Å². The van der Waals surface area contributed by atoms with Crippen LogP contribution < -0.4 is 21.3 Å². The van der Waals surface area contributed by atoms with Gasteiger partial charge in [0.25, 0.3) is 0 Å². The molecular weight excluding hydrogens is 512 g/mol. The number of hydrogen-bond donors (Lipinski definition) is 4. The van der Waals surface area contributed by atoms with Crippen molar-refractivity contribution >= 4 is 62.8 Å². The molecule has 0 aliphatic carbocycles. The van der Waals surface area contributed by atoms with Crippen molar-refractivity contribution in [2.24, 2.45) is 11.5 Å². The lowest BCUT2D eigenvalue weighted by Crippen LogP contribution is -2.56. The maximum absolute atomic E-state index is 11.8. The minimum Gasteiger partial charge on any atom is -0.477 e. The molecular formula is C25H27ClN8O2S. The number of pyridine rings is 1. The van der Waals surface area contributed by atoms with Crippen LogP contribution in [0.25, 0.3) is 21.9 Å². The second-order valence-electron chi connectivity index (χ2n) is 9.60. The molecule has 12 heteroatoms. The molecule has 0 radical (unpaired) electrons. The van der Waals surface area contributed by atoms with E-state index in [1.807, 2.05) is 25.1 Å². The number of hydrogen-bond acceptors (Lipinski definition) is 9. The quantitative estimate of drug-likeness (QED) is 0.269. The van der Waals surface area contributed by atoms with Gasteiger partial charge in [-0.3, -0.25) is 0 Å². The number of nitrogens with one attached hydrogen (secondary N) is 1. The van der Waals surface area contributed by atoms with Gasteiger partial charge in [0.15, 0.2) is 10.9 Å². The average Bonchev–Trinajstić information content (AvgIpc) is 3.43. The zero-order valence-corrected chi connectivity index (χ0v) is 21.8. The Kier molecular flexibility index (Phi) is 6.10. The summed E-state index contributed by atoms with van der Waals surface area (Å²) >= 11 is 8.12. The molecule has 0 amide bonds. The Morgan fingerprint density at radius 2 is 1.95 bits per heavy atom. The van der Waals surface area contributed by atoms with Crippen molar-refractivity contribution in [1.82, 2.24) is 19.9 Å². The lowest BCUT2D eigenvalue weighted by Gasteiger charge is -2.39. The van der Waals surface area contributed by atoms with Crippen molar-refractivity contribution in [2.75, 3.05) is 36.0 Å². The lowest BCUT2D eigenvalue weighted by atomic mass is 10.1. The van der Waals surface area contributed by atoms with E-state index in [9.17, 15) is 9.90 Å². The topological polar surface area (TPSA) is 150 Å². The SMILES string of the molecule is CCc1[nH]c2nc(Sc3ccc4c(N5CC(N)C5)cc(C(=O)O)nc4c3)nc(N3CC[C@H](N)C3)c2c1Cl. The van der Waals surface area contributed by atoms with Gasteiger partial charge in [0, 0.05) is 59.9 Å². The number of carboxylic acid groups (broad SMARTS) is 1. The summed E-state index contributed by atoms with van der Waals surface area (Å²) in [6, 6.07) is 7.63. The predicted molar refractivity (Wildman–Crippen MR) is 146 cm³/mol. The van der Waals surface area contributed by atoms with Crippen LogP contribution in [0.15, 0.2) is 34.3 Å². The molecule has 6 N–H and O–H groups in total. The highest BCUT2D eigenvalue weighted by molar-refractivity contribution is 7.99. The maximum Gasteiger partial charge on any atom is 0.354 e. The summed E-state index contributed by atoms with van der Waals surface area (Å²) in [5.74, 6) is -0.284. The van der Waals surface area contributed by atoms with Gasteiger partial charge < -0.3 is 31.4 Å². The number of rotatable bonds is 6. The monoisotopic (exact) mass is 538 g/mol. The molecule has 0 spiro atoms. The van der Waals surface area contributed by atoms with Crippen LogP contribution in [-0.4, -0.2) is 69.3 Å². The van der Waals surface area contributed by atoms with E-state index in [0.29, 0.717) is 41.0 Å². The molecule has 2 fully saturated rings. The number of aromatic nitrogens is 4. The fourth-order valence-electron chi connectivity index (χ4n) is 5.01. The number of carbonyl (C=O) groups is 1. The zero-order valence-electron chi connectivity index (χ0n) is 20.2. The summed E-state index contributed by atoms with van der Waals surface area (Å²) in [5.41, 5.74) is 15.2. The van der Waals surface area contributed by atoms with Crippen molar-refractivity contribution in [3.8, 4) is 0 Å². The zero-order chi connectivity index (χ0) is 25.8. The minimum atomic E-state index is -1.07. The van der Waals surface area contributed by atoms with E-state index in [1.54, 1.807) is 6.07 Å². The van der Waals surface area contributed by atoms with Gasteiger partial charge in [0.1, 0.15) is 11.5 Å². The molecule has 5 heterocycles. The number of aromatic carboxylic acids is 1. The number of aromatic amines is 1. The van der Waals surface area contributed by atoms with Gasteiger partial charge in [-0.1, -0.05) is 18.5 Å². The molecule has 1 atom stereocenters. The fraction of sp³-hybridized carbons (Fsp3) is 0.360. The number of aryl methyl sites for hydroxylation is 1. The second-order valence-corrected chi connectivity index (χ2v) is 11.0. The van der Waals surface area contributed by atoms with Crippen LogP contribution in [0.1, 0.15) is 29.5 Å². The van der Waals surface area contributed by atoms with E-state index in [2.05, 4.69) is 19.8 Å². The van der Waals surface area contributed by atoms with Crippen LogP contribution in [0.3, 0.4) is 0 Å². The van der Waals surface area contributed by atoms with E-state index in [1.165, 1.54) is 11.8 Å². The Labute approximate surface area is 222 Å². The van der Waals surface area contributed by atoms with E-state index in [0.717, 1.165) is 52.3 Å². The highest BCUT2D eigenvalue weighted by Crippen LogP contribution is 2.39. The third kappa shape index (κ3) is 4.35. The van der Waals surface area contributed by atoms with Gasteiger partial charge in [-0.2, -0.15) is 0 Å². The first-order valence-electron chi connectivity index (χ1n) is 12.3. The number of H-pyrrole nitrogens is 1. The number of halogens is 1. The van der Waals surface area contributed by atoms with Crippen molar-refractivity contribution in [2.45, 2.75) is 41.9 Å². The molecule has 0 unspecified atom stereocenters. The van der Waals surface area contributed by atoms with Gasteiger partial charge in [0.05, 0.1) is 15.9 Å². The molecule has 0 saturated carbocycles. The second kappa shape index (κ2) is 9.32. The molecule has 6 rings (SSSR count). The summed E-state index contributed by atoms with van der Waals surface area (Å²) in [6.07, 6.45) is 1.65.